The number of aromatic amines is 1. The van der Waals surface area contributed by atoms with Gasteiger partial charge in [-0.3, -0.25) is 19.1 Å². The zero-order chi connectivity index (χ0) is 31.4. The average molecular weight is 596 g/mol. The average Bonchev–Trinajstić information content (AvgIpc) is 3.65. The Labute approximate surface area is 260 Å². The predicted octanol–water partition coefficient (Wildman–Crippen LogP) is 6.51. The molecule has 0 spiro atoms. The summed E-state index contributed by atoms with van der Waals surface area (Å²) in [7, 11) is 1.78. The normalized spacial score (nSPS) is 15.0. The first-order chi connectivity index (χ1) is 21.8. The van der Waals surface area contributed by atoms with E-state index in [-0.39, 0.29) is 17.2 Å². The van der Waals surface area contributed by atoms with Crippen LogP contribution in [0.25, 0.3) is 27.8 Å². The number of carbonyl (C=O) groups is 2. The molecule has 6 aromatic rings. The molecule has 2 atom stereocenters. The largest absolute Gasteiger partial charge is 0.354 e. The van der Waals surface area contributed by atoms with E-state index >= 15 is 0 Å². The molecule has 2 aromatic heterocycles. The minimum atomic E-state index is -0.904. The lowest BCUT2D eigenvalue weighted by molar-refractivity contribution is -0.120. The van der Waals surface area contributed by atoms with Crippen LogP contribution in [0.4, 0.5) is 5.69 Å². The van der Waals surface area contributed by atoms with E-state index in [0.29, 0.717) is 16.9 Å². The lowest BCUT2D eigenvalue weighted by atomic mass is 9.92. The van der Waals surface area contributed by atoms with Crippen molar-refractivity contribution in [2.75, 3.05) is 5.32 Å². The Hall–Kier alpha value is -5.63. The van der Waals surface area contributed by atoms with Crippen molar-refractivity contribution in [2.24, 2.45) is 7.05 Å². The highest BCUT2D eigenvalue weighted by molar-refractivity contribution is 6.06. The van der Waals surface area contributed by atoms with Crippen molar-refractivity contribution in [3.05, 3.63) is 141 Å². The minimum absolute atomic E-state index is 0.186. The number of nitrogens with one attached hydrogen (secondary N) is 2. The summed E-state index contributed by atoms with van der Waals surface area (Å²) in [4.78, 5) is 47.1. The summed E-state index contributed by atoms with van der Waals surface area (Å²) < 4.78 is 3.24. The zero-order valence-corrected chi connectivity index (χ0v) is 25.5. The molecular formula is C37H33N5O3. The number of nitrogens with zero attached hydrogens (tertiary/aromatic N) is 3. The molecule has 0 aliphatic carbocycles. The fraction of sp³-hybridized carbons (Fsp3) is 0.162. The Morgan fingerprint density at radius 2 is 1.51 bits per heavy atom. The third kappa shape index (κ3) is 4.49. The molecule has 224 valence electrons. The first-order valence-electron chi connectivity index (χ1n) is 15.0. The van der Waals surface area contributed by atoms with Crippen LogP contribution in [-0.2, 0) is 11.8 Å². The highest BCUT2D eigenvalue weighted by Gasteiger charge is 2.44. The number of anilines is 1. The highest BCUT2D eigenvalue weighted by atomic mass is 16.2. The Morgan fingerprint density at radius 1 is 0.844 bits per heavy atom. The van der Waals surface area contributed by atoms with Gasteiger partial charge in [-0.05, 0) is 56.2 Å². The van der Waals surface area contributed by atoms with Gasteiger partial charge in [-0.1, -0.05) is 84.4 Å². The molecule has 8 heteroatoms. The molecule has 0 bridgehead atoms. The molecule has 0 saturated carbocycles. The SMILES string of the molecule is Cc1ccc(-c2[nH]c3ccccc3c2C2c3ccccc3C(=O)N2C(C)C(=O)Nc2c(C)n(C)n(-c3ccccc3)c2=O)cc1. The first kappa shape index (κ1) is 28.2. The summed E-state index contributed by atoms with van der Waals surface area (Å²) in [5, 5.41) is 3.87. The van der Waals surface area contributed by atoms with Crippen LogP contribution in [0.1, 0.15) is 45.7 Å². The lowest BCUT2D eigenvalue weighted by Crippen LogP contribution is -2.45. The van der Waals surface area contributed by atoms with Crippen LogP contribution in [0.2, 0.25) is 0 Å². The molecule has 0 radical (unpaired) electrons. The molecule has 4 aromatic carbocycles. The molecule has 2 unspecified atom stereocenters. The maximum absolute atomic E-state index is 14.2. The fourth-order valence-corrected chi connectivity index (χ4v) is 6.49. The van der Waals surface area contributed by atoms with Crippen molar-refractivity contribution >= 4 is 28.4 Å². The number of aryl methyl sites for hydroxylation is 1. The third-order valence-electron chi connectivity index (χ3n) is 8.96. The van der Waals surface area contributed by atoms with Crippen molar-refractivity contribution in [1.82, 2.24) is 19.2 Å². The van der Waals surface area contributed by atoms with Gasteiger partial charge in [0, 0.05) is 29.1 Å². The third-order valence-corrected chi connectivity index (χ3v) is 8.96. The molecule has 7 rings (SSSR count). The molecule has 0 fully saturated rings. The van der Waals surface area contributed by atoms with Gasteiger partial charge in [-0.25, -0.2) is 4.68 Å². The Kier molecular flexibility index (Phi) is 6.77. The summed E-state index contributed by atoms with van der Waals surface area (Å²) in [6.07, 6.45) is 0. The van der Waals surface area contributed by atoms with Crippen molar-refractivity contribution in [3.8, 4) is 16.9 Å². The molecule has 8 nitrogen and oxygen atoms in total. The maximum Gasteiger partial charge on any atom is 0.295 e. The number of hydrogen-bond acceptors (Lipinski definition) is 3. The number of para-hydroxylation sites is 2. The number of aromatic nitrogens is 3. The molecule has 3 heterocycles. The van der Waals surface area contributed by atoms with E-state index in [2.05, 4.69) is 34.6 Å². The molecule has 45 heavy (non-hydrogen) atoms. The molecule has 2 amide bonds. The van der Waals surface area contributed by atoms with Crippen molar-refractivity contribution in [1.29, 1.82) is 0 Å². The number of amides is 2. The van der Waals surface area contributed by atoms with E-state index < -0.39 is 18.0 Å². The monoisotopic (exact) mass is 595 g/mol. The van der Waals surface area contributed by atoms with Crippen molar-refractivity contribution in [2.45, 2.75) is 32.9 Å². The number of hydrogen-bond donors (Lipinski definition) is 2. The Bertz CT molecular complexity index is 2150. The van der Waals surface area contributed by atoms with Crippen LogP contribution in [0.3, 0.4) is 0 Å². The van der Waals surface area contributed by atoms with Gasteiger partial charge in [-0.15, -0.1) is 0 Å². The van der Waals surface area contributed by atoms with E-state index in [1.807, 2.05) is 85.8 Å². The van der Waals surface area contributed by atoms with Crippen LogP contribution in [0.15, 0.2) is 108 Å². The van der Waals surface area contributed by atoms with E-state index in [4.69, 9.17) is 0 Å². The minimum Gasteiger partial charge on any atom is -0.354 e. The van der Waals surface area contributed by atoms with Crippen LogP contribution in [0, 0.1) is 13.8 Å². The second-order valence-corrected chi connectivity index (χ2v) is 11.6. The van der Waals surface area contributed by atoms with Gasteiger partial charge in [0.15, 0.2) is 0 Å². The van der Waals surface area contributed by atoms with Gasteiger partial charge in [-0.2, -0.15) is 0 Å². The molecule has 1 aliphatic rings. The van der Waals surface area contributed by atoms with E-state index in [1.165, 1.54) is 4.68 Å². The molecule has 2 N–H and O–H groups in total. The summed E-state index contributed by atoms with van der Waals surface area (Å²) in [6, 6.07) is 31.7. The Morgan fingerprint density at radius 3 is 2.27 bits per heavy atom. The summed E-state index contributed by atoms with van der Waals surface area (Å²) in [5.41, 5.74) is 7.44. The topological polar surface area (TPSA) is 92.1 Å². The van der Waals surface area contributed by atoms with E-state index in [0.717, 1.165) is 38.9 Å². The number of fused-ring (bicyclic) bond motifs is 2. The molecule has 0 saturated heterocycles. The number of benzene rings is 4. The second-order valence-electron chi connectivity index (χ2n) is 11.6. The van der Waals surface area contributed by atoms with Gasteiger partial charge < -0.3 is 15.2 Å². The van der Waals surface area contributed by atoms with Gasteiger partial charge in [0.2, 0.25) is 5.91 Å². The summed E-state index contributed by atoms with van der Waals surface area (Å²) in [6.45, 7) is 5.56. The summed E-state index contributed by atoms with van der Waals surface area (Å²) >= 11 is 0. The van der Waals surface area contributed by atoms with Gasteiger partial charge in [0.25, 0.3) is 11.5 Å². The van der Waals surface area contributed by atoms with E-state index in [1.54, 1.807) is 30.5 Å². The van der Waals surface area contributed by atoms with Gasteiger partial charge >= 0.3 is 0 Å². The molecular weight excluding hydrogens is 562 g/mol. The molecule has 1 aliphatic heterocycles. The standard InChI is InChI=1S/C37H33N5O3/c1-22-18-20-25(21-19-22)33-31(29-16-10-11-17-30(29)38-33)34-27-14-8-9-15-28(27)36(44)41(34)24(3)35(43)39-32-23(2)40(4)42(37(32)45)26-12-6-5-7-13-26/h5-21,24,34,38H,1-4H3,(H,39,43). The van der Waals surface area contributed by atoms with Gasteiger partial charge in [0.05, 0.1) is 23.1 Å². The van der Waals surface area contributed by atoms with Crippen LogP contribution >= 0.6 is 0 Å². The number of rotatable bonds is 6. The van der Waals surface area contributed by atoms with Crippen molar-refractivity contribution in [3.63, 3.8) is 0 Å². The number of H-pyrrole nitrogens is 1. The fourth-order valence-electron chi connectivity index (χ4n) is 6.49. The van der Waals surface area contributed by atoms with Gasteiger partial charge in [0.1, 0.15) is 11.7 Å². The van der Waals surface area contributed by atoms with Crippen LogP contribution < -0.4 is 10.9 Å². The van der Waals surface area contributed by atoms with Crippen LogP contribution in [-0.4, -0.2) is 37.1 Å². The Balaban J connectivity index is 1.34. The van der Waals surface area contributed by atoms with Crippen molar-refractivity contribution < 1.29 is 9.59 Å². The lowest BCUT2D eigenvalue weighted by Gasteiger charge is -2.31. The first-order valence-corrected chi connectivity index (χ1v) is 15.0. The predicted molar refractivity (Wildman–Crippen MR) is 177 cm³/mol. The highest BCUT2D eigenvalue weighted by Crippen LogP contribution is 2.46. The number of carbonyl (C=O) groups excluding carboxylic acids is 2. The zero-order valence-electron chi connectivity index (χ0n) is 25.5. The quantitative estimate of drug-likeness (QED) is 0.230. The smallest absolute Gasteiger partial charge is 0.295 e. The van der Waals surface area contributed by atoms with E-state index in [9.17, 15) is 14.4 Å². The summed E-state index contributed by atoms with van der Waals surface area (Å²) in [5.74, 6) is -0.672. The van der Waals surface area contributed by atoms with Crippen LogP contribution in [0.5, 0.6) is 0 Å². The second kappa shape index (κ2) is 10.8. The maximum atomic E-state index is 14.2.